The number of ketones is 1. The topological polar surface area (TPSA) is 102 Å². The number of anilines is 1. The SMILES string of the molecule is CCCOc1ccc(/C(O)=C2\C(=O)C(=O)N(c3cc(C)on3)[C@@H]2c2cccc(Oc3ccccc3)c2)cc1. The quantitative estimate of drug-likeness (QED) is 0.171. The summed E-state index contributed by atoms with van der Waals surface area (Å²) in [7, 11) is 0. The highest BCUT2D eigenvalue weighted by molar-refractivity contribution is 6.51. The molecule has 1 aromatic heterocycles. The molecule has 4 aromatic rings. The molecule has 1 atom stereocenters. The summed E-state index contributed by atoms with van der Waals surface area (Å²) < 4.78 is 16.8. The summed E-state index contributed by atoms with van der Waals surface area (Å²) >= 11 is 0. The Labute approximate surface area is 219 Å². The fourth-order valence-electron chi connectivity index (χ4n) is 4.31. The van der Waals surface area contributed by atoms with Gasteiger partial charge in [-0.05, 0) is 67.4 Å². The first-order chi connectivity index (χ1) is 18.5. The third-order valence-corrected chi connectivity index (χ3v) is 6.06. The van der Waals surface area contributed by atoms with E-state index in [1.165, 1.54) is 4.90 Å². The van der Waals surface area contributed by atoms with Gasteiger partial charge in [-0.2, -0.15) is 0 Å². The first-order valence-corrected chi connectivity index (χ1v) is 12.3. The van der Waals surface area contributed by atoms with Crippen molar-refractivity contribution in [3.63, 3.8) is 0 Å². The molecule has 1 N–H and O–H groups in total. The Morgan fingerprint density at radius 3 is 2.37 bits per heavy atom. The van der Waals surface area contributed by atoms with Crippen LogP contribution in [-0.2, 0) is 9.59 Å². The van der Waals surface area contributed by atoms with E-state index in [2.05, 4.69) is 5.16 Å². The summed E-state index contributed by atoms with van der Waals surface area (Å²) in [5, 5.41) is 15.3. The molecule has 0 unspecified atom stereocenters. The summed E-state index contributed by atoms with van der Waals surface area (Å²) in [6.07, 6.45) is 0.861. The van der Waals surface area contributed by atoms with Crippen LogP contribution in [0.1, 0.15) is 36.3 Å². The average molecular weight is 511 g/mol. The molecular formula is C30H26N2O6. The number of ether oxygens (including phenoxy) is 2. The molecule has 1 aliphatic heterocycles. The number of hydrogen-bond donors (Lipinski definition) is 1. The number of carbonyl (C=O) groups is 2. The molecule has 2 heterocycles. The van der Waals surface area contributed by atoms with Crippen molar-refractivity contribution >= 4 is 23.3 Å². The van der Waals surface area contributed by atoms with Gasteiger partial charge in [0.15, 0.2) is 5.82 Å². The van der Waals surface area contributed by atoms with E-state index in [4.69, 9.17) is 14.0 Å². The fourth-order valence-corrected chi connectivity index (χ4v) is 4.31. The Kier molecular flexibility index (Phi) is 6.95. The molecule has 0 spiro atoms. The lowest BCUT2D eigenvalue weighted by Gasteiger charge is -2.23. The molecule has 1 aliphatic rings. The molecule has 8 nitrogen and oxygen atoms in total. The predicted molar refractivity (Wildman–Crippen MR) is 141 cm³/mol. The van der Waals surface area contributed by atoms with Gasteiger partial charge in [-0.3, -0.25) is 14.5 Å². The number of Topliss-reactive ketones (excluding diaryl/α,β-unsaturated/α-hetero) is 1. The number of rotatable bonds is 8. The fraction of sp³-hybridized carbons (Fsp3) is 0.167. The minimum absolute atomic E-state index is 0.0604. The molecule has 0 bridgehead atoms. The van der Waals surface area contributed by atoms with E-state index in [0.29, 0.717) is 40.7 Å². The van der Waals surface area contributed by atoms with Crippen LogP contribution in [0.3, 0.4) is 0 Å². The number of nitrogens with zero attached hydrogens (tertiary/aromatic N) is 2. The monoisotopic (exact) mass is 510 g/mol. The Hall–Kier alpha value is -4.85. The number of hydrogen-bond acceptors (Lipinski definition) is 7. The molecule has 0 saturated carbocycles. The van der Waals surface area contributed by atoms with E-state index in [0.717, 1.165) is 6.42 Å². The van der Waals surface area contributed by atoms with E-state index < -0.39 is 17.7 Å². The third-order valence-electron chi connectivity index (χ3n) is 6.06. The number of amides is 1. The van der Waals surface area contributed by atoms with Gasteiger partial charge in [0.1, 0.15) is 28.8 Å². The van der Waals surface area contributed by atoms with Gasteiger partial charge in [-0.1, -0.05) is 42.4 Å². The molecule has 3 aromatic carbocycles. The zero-order valence-corrected chi connectivity index (χ0v) is 21.0. The van der Waals surface area contributed by atoms with Crippen LogP contribution in [0.5, 0.6) is 17.2 Å². The number of carbonyl (C=O) groups excluding carboxylic acids is 2. The molecule has 8 heteroatoms. The lowest BCUT2D eigenvalue weighted by molar-refractivity contribution is -0.132. The largest absolute Gasteiger partial charge is 0.507 e. The zero-order chi connectivity index (χ0) is 26.6. The highest BCUT2D eigenvalue weighted by atomic mass is 16.5. The van der Waals surface area contributed by atoms with Crippen molar-refractivity contribution in [1.82, 2.24) is 5.16 Å². The van der Waals surface area contributed by atoms with Crippen LogP contribution in [0.15, 0.2) is 95.0 Å². The Bertz CT molecular complexity index is 1490. The van der Waals surface area contributed by atoms with E-state index in [-0.39, 0.29) is 17.2 Å². The second-order valence-corrected chi connectivity index (χ2v) is 8.83. The van der Waals surface area contributed by atoms with Crippen molar-refractivity contribution in [2.24, 2.45) is 0 Å². The van der Waals surface area contributed by atoms with Crippen LogP contribution in [0, 0.1) is 6.92 Å². The van der Waals surface area contributed by atoms with Crippen molar-refractivity contribution in [2.75, 3.05) is 11.5 Å². The minimum atomic E-state index is -0.963. The number of para-hydroxylation sites is 1. The van der Waals surface area contributed by atoms with E-state index in [9.17, 15) is 14.7 Å². The number of aliphatic hydroxyl groups excluding tert-OH is 1. The van der Waals surface area contributed by atoms with Gasteiger partial charge in [0.25, 0.3) is 5.78 Å². The zero-order valence-electron chi connectivity index (χ0n) is 21.0. The maximum absolute atomic E-state index is 13.4. The summed E-state index contributed by atoms with van der Waals surface area (Å²) in [4.78, 5) is 27.9. The van der Waals surface area contributed by atoms with Crippen molar-refractivity contribution in [2.45, 2.75) is 26.3 Å². The highest BCUT2D eigenvalue weighted by Crippen LogP contribution is 2.43. The van der Waals surface area contributed by atoms with Crippen LogP contribution < -0.4 is 14.4 Å². The van der Waals surface area contributed by atoms with Gasteiger partial charge in [0, 0.05) is 11.6 Å². The molecule has 0 aliphatic carbocycles. The summed E-state index contributed by atoms with van der Waals surface area (Å²) in [6, 6.07) is 23.6. The van der Waals surface area contributed by atoms with Gasteiger partial charge in [-0.15, -0.1) is 0 Å². The third kappa shape index (κ3) is 4.88. The van der Waals surface area contributed by atoms with Gasteiger partial charge in [0.05, 0.1) is 18.2 Å². The molecule has 5 rings (SSSR count). The van der Waals surface area contributed by atoms with Crippen LogP contribution in [0.2, 0.25) is 0 Å². The Morgan fingerprint density at radius 2 is 1.68 bits per heavy atom. The summed E-state index contributed by atoms with van der Waals surface area (Å²) in [5.41, 5.74) is 0.877. The smallest absolute Gasteiger partial charge is 0.301 e. The Morgan fingerprint density at radius 1 is 0.947 bits per heavy atom. The van der Waals surface area contributed by atoms with Gasteiger partial charge >= 0.3 is 5.91 Å². The standard InChI is InChI=1S/C30H26N2O6/c1-3-16-36-22-14-12-20(13-15-22)28(33)26-27(32(30(35)29(26)34)25-17-19(2)38-31-25)21-8-7-11-24(18-21)37-23-9-5-4-6-10-23/h4-15,17-18,27,33H,3,16H2,1-2H3/b28-26+/t27-/m1/s1. The first-order valence-electron chi connectivity index (χ1n) is 12.3. The normalized spacial score (nSPS) is 16.6. The van der Waals surface area contributed by atoms with Crippen molar-refractivity contribution in [3.05, 3.63) is 107 Å². The van der Waals surface area contributed by atoms with Crippen molar-refractivity contribution < 1.29 is 28.7 Å². The number of aromatic nitrogens is 1. The molecular weight excluding hydrogens is 484 g/mol. The maximum Gasteiger partial charge on any atom is 0.301 e. The minimum Gasteiger partial charge on any atom is -0.507 e. The van der Waals surface area contributed by atoms with E-state index in [1.807, 2.05) is 37.3 Å². The van der Waals surface area contributed by atoms with E-state index >= 15 is 0 Å². The summed E-state index contributed by atoms with van der Waals surface area (Å²) in [5.74, 6) is 0.493. The predicted octanol–water partition coefficient (Wildman–Crippen LogP) is 6.19. The molecule has 192 valence electrons. The van der Waals surface area contributed by atoms with Crippen LogP contribution in [-0.4, -0.2) is 28.6 Å². The number of benzene rings is 3. The highest BCUT2D eigenvalue weighted by Gasteiger charge is 2.48. The average Bonchev–Trinajstić information content (AvgIpc) is 3.48. The second-order valence-electron chi connectivity index (χ2n) is 8.83. The lowest BCUT2D eigenvalue weighted by atomic mass is 9.95. The van der Waals surface area contributed by atoms with Crippen molar-refractivity contribution in [1.29, 1.82) is 0 Å². The Balaban J connectivity index is 1.60. The van der Waals surface area contributed by atoms with Crippen LogP contribution in [0.25, 0.3) is 5.76 Å². The number of aryl methyl sites for hydroxylation is 1. The molecule has 1 amide bonds. The second kappa shape index (κ2) is 10.6. The summed E-state index contributed by atoms with van der Waals surface area (Å²) in [6.45, 7) is 4.27. The maximum atomic E-state index is 13.4. The number of aliphatic hydroxyl groups is 1. The molecule has 38 heavy (non-hydrogen) atoms. The van der Waals surface area contributed by atoms with Crippen LogP contribution >= 0.6 is 0 Å². The lowest BCUT2D eigenvalue weighted by Crippen LogP contribution is -2.29. The van der Waals surface area contributed by atoms with E-state index in [1.54, 1.807) is 61.5 Å². The molecule has 1 saturated heterocycles. The van der Waals surface area contributed by atoms with Gasteiger partial charge in [0.2, 0.25) is 0 Å². The van der Waals surface area contributed by atoms with Gasteiger partial charge < -0.3 is 19.1 Å². The molecule has 0 radical (unpaired) electrons. The molecule has 1 fully saturated rings. The first kappa shape index (κ1) is 24.8. The van der Waals surface area contributed by atoms with Crippen molar-refractivity contribution in [3.8, 4) is 17.2 Å². The van der Waals surface area contributed by atoms with Crippen LogP contribution in [0.4, 0.5) is 5.82 Å². The van der Waals surface area contributed by atoms with Gasteiger partial charge in [-0.25, -0.2) is 0 Å².